The molecule has 0 saturated carbocycles. The van der Waals surface area contributed by atoms with Crippen LogP contribution in [0.25, 0.3) is 0 Å². The van der Waals surface area contributed by atoms with Gasteiger partial charge in [-0.3, -0.25) is 4.99 Å². The van der Waals surface area contributed by atoms with Crippen LogP contribution in [0.3, 0.4) is 0 Å². The molecule has 4 nitrogen and oxygen atoms in total. The second-order valence-corrected chi connectivity index (χ2v) is 6.01. The molecule has 1 aromatic rings. The lowest BCUT2D eigenvalue weighted by Gasteiger charge is -2.34. The van der Waals surface area contributed by atoms with Gasteiger partial charge in [-0.1, -0.05) is 17.7 Å². The summed E-state index contributed by atoms with van der Waals surface area (Å²) < 4.78 is 18.7. The van der Waals surface area contributed by atoms with Gasteiger partial charge in [0.25, 0.3) is 0 Å². The van der Waals surface area contributed by atoms with E-state index in [2.05, 4.69) is 15.2 Å². The molecular formula is C17H26ClFIN3O. The standard InChI is InChI=1S/C17H25ClFN3O.HI/c1-3-23-15-7-10-22(11-8-15)17(20-2)21-9-6-13-4-5-14(19)12-16(13)18;/h4-5,12,15H,3,6-11H2,1-2H3,(H,20,21);1H. The smallest absolute Gasteiger partial charge is 0.193 e. The van der Waals surface area contributed by atoms with Gasteiger partial charge in [0.15, 0.2) is 5.96 Å². The maximum atomic E-state index is 13.0. The van der Waals surface area contributed by atoms with Crippen LogP contribution in [0.2, 0.25) is 5.02 Å². The maximum absolute atomic E-state index is 13.0. The second kappa shape index (κ2) is 11.1. The predicted molar refractivity (Wildman–Crippen MR) is 108 cm³/mol. The molecule has 136 valence electrons. The number of piperidine rings is 1. The summed E-state index contributed by atoms with van der Waals surface area (Å²) in [5.41, 5.74) is 0.936. The molecule has 0 spiro atoms. The predicted octanol–water partition coefficient (Wildman–Crippen LogP) is 3.72. The Morgan fingerprint density at radius 2 is 2.12 bits per heavy atom. The number of nitrogens with zero attached hydrogens (tertiary/aromatic N) is 2. The molecule has 0 unspecified atom stereocenters. The van der Waals surface area contributed by atoms with Gasteiger partial charge < -0.3 is 15.0 Å². The van der Waals surface area contributed by atoms with Crippen molar-refractivity contribution in [1.29, 1.82) is 0 Å². The van der Waals surface area contributed by atoms with Crippen molar-refractivity contribution in [3.63, 3.8) is 0 Å². The van der Waals surface area contributed by atoms with Crippen molar-refractivity contribution in [1.82, 2.24) is 10.2 Å². The third-order valence-electron chi connectivity index (χ3n) is 4.05. The molecule has 24 heavy (non-hydrogen) atoms. The van der Waals surface area contributed by atoms with Crippen LogP contribution in [0, 0.1) is 5.82 Å². The lowest BCUT2D eigenvalue weighted by Crippen LogP contribution is -2.47. The average molecular weight is 470 g/mol. The van der Waals surface area contributed by atoms with Crippen LogP contribution in [-0.2, 0) is 11.2 Å². The number of hydrogen-bond donors (Lipinski definition) is 1. The van der Waals surface area contributed by atoms with Gasteiger partial charge in [0.1, 0.15) is 5.82 Å². The molecule has 1 aliphatic rings. The van der Waals surface area contributed by atoms with Gasteiger partial charge in [-0.15, -0.1) is 24.0 Å². The summed E-state index contributed by atoms with van der Waals surface area (Å²) in [5, 5.41) is 3.83. The van der Waals surface area contributed by atoms with Crippen LogP contribution in [0.15, 0.2) is 23.2 Å². The van der Waals surface area contributed by atoms with Crippen molar-refractivity contribution in [2.45, 2.75) is 32.3 Å². The Kier molecular flexibility index (Phi) is 9.92. The zero-order valence-corrected chi connectivity index (χ0v) is 17.3. The van der Waals surface area contributed by atoms with E-state index in [1.165, 1.54) is 12.1 Å². The summed E-state index contributed by atoms with van der Waals surface area (Å²) in [6.07, 6.45) is 3.15. The van der Waals surface area contributed by atoms with E-state index in [1.807, 2.05) is 6.92 Å². The molecule has 1 heterocycles. The summed E-state index contributed by atoms with van der Waals surface area (Å²) >= 11 is 6.05. The van der Waals surface area contributed by atoms with E-state index in [9.17, 15) is 4.39 Å². The summed E-state index contributed by atoms with van der Waals surface area (Å²) in [7, 11) is 1.79. The minimum atomic E-state index is -0.306. The monoisotopic (exact) mass is 469 g/mol. The quantitative estimate of drug-likeness (QED) is 0.406. The number of rotatable bonds is 5. The van der Waals surface area contributed by atoms with E-state index < -0.39 is 0 Å². The van der Waals surface area contributed by atoms with Gasteiger partial charge in [-0.25, -0.2) is 4.39 Å². The fourth-order valence-corrected chi connectivity index (χ4v) is 3.10. The van der Waals surface area contributed by atoms with Crippen LogP contribution in [0.5, 0.6) is 0 Å². The first kappa shape index (κ1) is 21.4. The van der Waals surface area contributed by atoms with Crippen molar-refractivity contribution < 1.29 is 9.13 Å². The summed E-state index contributed by atoms with van der Waals surface area (Å²) in [5.74, 6) is 0.595. The average Bonchev–Trinajstić information content (AvgIpc) is 2.55. The molecule has 0 aliphatic carbocycles. The number of hydrogen-bond acceptors (Lipinski definition) is 2. The number of aliphatic imine (C=N–C) groups is 1. The molecule has 0 aromatic heterocycles. The third kappa shape index (κ3) is 6.37. The number of halogens is 3. The lowest BCUT2D eigenvalue weighted by atomic mass is 10.1. The number of guanidine groups is 1. The summed E-state index contributed by atoms with van der Waals surface area (Å²) in [6.45, 7) is 5.41. The Labute approximate surface area is 165 Å². The summed E-state index contributed by atoms with van der Waals surface area (Å²) in [6, 6.07) is 4.52. The van der Waals surface area contributed by atoms with Crippen molar-refractivity contribution in [2.75, 3.05) is 33.3 Å². The normalized spacial score (nSPS) is 16.0. The molecule has 7 heteroatoms. The number of nitrogens with one attached hydrogen (secondary N) is 1. The molecular weight excluding hydrogens is 444 g/mol. The van der Waals surface area contributed by atoms with E-state index in [-0.39, 0.29) is 29.8 Å². The van der Waals surface area contributed by atoms with Crippen LogP contribution in [-0.4, -0.2) is 50.3 Å². The molecule has 0 bridgehead atoms. The van der Waals surface area contributed by atoms with Crippen LogP contribution >= 0.6 is 35.6 Å². The highest BCUT2D eigenvalue weighted by molar-refractivity contribution is 14.0. The zero-order valence-electron chi connectivity index (χ0n) is 14.2. The van der Waals surface area contributed by atoms with Gasteiger partial charge in [0, 0.05) is 38.3 Å². The molecule has 1 aromatic carbocycles. The third-order valence-corrected chi connectivity index (χ3v) is 4.40. The number of ether oxygens (including phenoxy) is 1. The molecule has 1 fully saturated rings. The van der Waals surface area contributed by atoms with Gasteiger partial charge in [-0.05, 0) is 43.9 Å². The van der Waals surface area contributed by atoms with Crippen LogP contribution in [0.1, 0.15) is 25.3 Å². The first-order valence-electron chi connectivity index (χ1n) is 8.15. The minimum absolute atomic E-state index is 0. The first-order chi connectivity index (χ1) is 11.1. The van der Waals surface area contributed by atoms with Gasteiger partial charge in [0.05, 0.1) is 6.10 Å². The van der Waals surface area contributed by atoms with E-state index >= 15 is 0 Å². The van der Waals surface area contributed by atoms with Gasteiger partial charge in [-0.2, -0.15) is 0 Å². The van der Waals surface area contributed by atoms with E-state index in [0.29, 0.717) is 17.7 Å². The number of benzene rings is 1. The molecule has 1 saturated heterocycles. The minimum Gasteiger partial charge on any atom is -0.378 e. The van der Waals surface area contributed by atoms with E-state index in [0.717, 1.165) is 50.5 Å². The largest absolute Gasteiger partial charge is 0.378 e. The molecule has 1 N–H and O–H groups in total. The maximum Gasteiger partial charge on any atom is 0.193 e. The number of likely N-dealkylation sites (tertiary alicyclic amines) is 1. The van der Waals surface area contributed by atoms with Crippen molar-refractivity contribution in [2.24, 2.45) is 4.99 Å². The SMILES string of the molecule is CCOC1CCN(C(=NC)NCCc2ccc(F)cc2Cl)CC1.I. The van der Waals surface area contributed by atoms with Crippen LogP contribution < -0.4 is 5.32 Å². The highest BCUT2D eigenvalue weighted by atomic mass is 127. The molecule has 0 radical (unpaired) electrons. The highest BCUT2D eigenvalue weighted by Crippen LogP contribution is 2.17. The first-order valence-corrected chi connectivity index (χ1v) is 8.53. The highest BCUT2D eigenvalue weighted by Gasteiger charge is 2.21. The summed E-state index contributed by atoms with van der Waals surface area (Å²) in [4.78, 5) is 6.60. The zero-order chi connectivity index (χ0) is 16.7. The van der Waals surface area contributed by atoms with Gasteiger partial charge >= 0.3 is 0 Å². The Hall–Kier alpha value is -0.600. The lowest BCUT2D eigenvalue weighted by molar-refractivity contribution is 0.0264. The Bertz CT molecular complexity index is 537. The molecule has 1 aliphatic heterocycles. The molecule has 0 atom stereocenters. The molecule has 0 amide bonds. The van der Waals surface area contributed by atoms with E-state index in [4.69, 9.17) is 16.3 Å². The van der Waals surface area contributed by atoms with Crippen molar-refractivity contribution in [3.8, 4) is 0 Å². The second-order valence-electron chi connectivity index (χ2n) is 5.60. The topological polar surface area (TPSA) is 36.9 Å². The molecule has 2 rings (SSSR count). The fraction of sp³-hybridized carbons (Fsp3) is 0.588. The van der Waals surface area contributed by atoms with Crippen molar-refractivity contribution in [3.05, 3.63) is 34.6 Å². The van der Waals surface area contributed by atoms with Gasteiger partial charge in [0.2, 0.25) is 0 Å². The Morgan fingerprint density at radius 3 is 2.71 bits per heavy atom. The Morgan fingerprint density at radius 1 is 1.42 bits per heavy atom. The van der Waals surface area contributed by atoms with Crippen LogP contribution in [0.4, 0.5) is 4.39 Å². The Balaban J connectivity index is 0.00000288. The van der Waals surface area contributed by atoms with Crippen molar-refractivity contribution >= 4 is 41.5 Å². The fourth-order valence-electron chi connectivity index (χ4n) is 2.84. The van der Waals surface area contributed by atoms with E-state index in [1.54, 1.807) is 13.1 Å².